The molecule has 114 valence electrons. The third-order valence-electron chi connectivity index (χ3n) is 2.98. The van der Waals surface area contributed by atoms with Crippen LogP contribution in [0.2, 0.25) is 0 Å². The summed E-state index contributed by atoms with van der Waals surface area (Å²) >= 11 is 0. The molecule has 1 unspecified atom stereocenters. The summed E-state index contributed by atoms with van der Waals surface area (Å²) < 4.78 is 29.1. The van der Waals surface area contributed by atoms with Crippen LogP contribution in [0.5, 0.6) is 0 Å². The third-order valence-corrected chi connectivity index (χ3v) is 4.37. The molecule has 1 atom stereocenters. The number of rotatable bonds is 5. The van der Waals surface area contributed by atoms with E-state index in [1.807, 2.05) is 0 Å². The van der Waals surface area contributed by atoms with Gasteiger partial charge < -0.3 is 10.0 Å². The van der Waals surface area contributed by atoms with Gasteiger partial charge in [-0.3, -0.25) is 4.18 Å². The first-order valence-electron chi connectivity index (χ1n) is 6.37. The molecule has 21 heavy (non-hydrogen) atoms. The molecule has 0 amide bonds. The quantitative estimate of drug-likeness (QED) is 0.507. The van der Waals surface area contributed by atoms with Crippen LogP contribution in [0.3, 0.4) is 0 Å². The molecule has 8 heteroatoms. The van der Waals surface area contributed by atoms with Gasteiger partial charge in [-0.1, -0.05) is 41.5 Å². The van der Waals surface area contributed by atoms with Crippen molar-refractivity contribution in [2.24, 2.45) is 10.3 Å². The molecule has 0 aromatic heterocycles. The second-order valence-corrected chi connectivity index (χ2v) is 6.15. The van der Waals surface area contributed by atoms with Crippen LogP contribution in [0.4, 0.5) is 0 Å². The minimum absolute atomic E-state index is 0.0997. The molecule has 0 fully saturated rings. The Bertz CT molecular complexity index is 682. The van der Waals surface area contributed by atoms with Crippen LogP contribution in [0.15, 0.2) is 34.6 Å². The van der Waals surface area contributed by atoms with E-state index in [4.69, 9.17) is 9.02 Å². The monoisotopic (exact) mass is 312 g/mol. The van der Waals surface area contributed by atoms with E-state index >= 15 is 0 Å². The SMILES string of the molecule is CCCS(=O)(=O)OC1C(=N\OC)/C(=N/O)c2ccccc21. The van der Waals surface area contributed by atoms with Gasteiger partial charge in [0.05, 0.1) is 5.75 Å². The van der Waals surface area contributed by atoms with E-state index in [0.717, 1.165) is 0 Å². The summed E-state index contributed by atoms with van der Waals surface area (Å²) in [6.45, 7) is 1.74. The lowest BCUT2D eigenvalue weighted by molar-refractivity contribution is 0.204. The smallest absolute Gasteiger partial charge is 0.268 e. The summed E-state index contributed by atoms with van der Waals surface area (Å²) in [6.07, 6.45) is -0.530. The van der Waals surface area contributed by atoms with Crippen molar-refractivity contribution in [3.8, 4) is 0 Å². The number of hydrogen-bond acceptors (Lipinski definition) is 7. The topological polar surface area (TPSA) is 97.6 Å². The first kappa shape index (κ1) is 15.5. The van der Waals surface area contributed by atoms with E-state index in [-0.39, 0.29) is 17.2 Å². The first-order chi connectivity index (χ1) is 10.0. The largest absolute Gasteiger partial charge is 0.410 e. The van der Waals surface area contributed by atoms with Gasteiger partial charge in [-0.2, -0.15) is 8.42 Å². The second-order valence-electron chi connectivity index (χ2n) is 4.43. The standard InChI is InChI=1S/C13H16N2O5S/c1-3-8-21(17,18)20-13-10-7-5-4-6-9(10)11(14-16)12(13)15-19-2/h4-7,13,16H,3,8H2,1-2H3/b14-11+,15-12-. The zero-order valence-electron chi connectivity index (χ0n) is 11.7. The minimum atomic E-state index is -3.71. The van der Waals surface area contributed by atoms with Gasteiger partial charge in [0, 0.05) is 5.56 Å². The number of benzene rings is 1. The van der Waals surface area contributed by atoms with Crippen LogP contribution in [-0.4, -0.2) is 37.9 Å². The number of fused-ring (bicyclic) bond motifs is 1. The summed E-state index contributed by atoms with van der Waals surface area (Å²) in [5, 5.41) is 16.1. The Morgan fingerprint density at radius 1 is 1.33 bits per heavy atom. The van der Waals surface area contributed by atoms with Gasteiger partial charge in [-0.05, 0) is 12.0 Å². The van der Waals surface area contributed by atoms with Gasteiger partial charge in [-0.25, -0.2) is 0 Å². The molecule has 0 heterocycles. The van der Waals surface area contributed by atoms with Gasteiger partial charge in [0.25, 0.3) is 10.1 Å². The van der Waals surface area contributed by atoms with Crippen LogP contribution in [0.1, 0.15) is 30.6 Å². The summed E-state index contributed by atoms with van der Waals surface area (Å²) in [5.41, 5.74) is 1.40. The zero-order valence-corrected chi connectivity index (χ0v) is 12.5. The molecule has 1 aromatic carbocycles. The summed E-state index contributed by atoms with van der Waals surface area (Å²) in [5.74, 6) is -0.0997. The van der Waals surface area contributed by atoms with Crippen LogP contribution < -0.4 is 0 Å². The average Bonchev–Trinajstić information content (AvgIpc) is 2.72. The van der Waals surface area contributed by atoms with Gasteiger partial charge >= 0.3 is 0 Å². The Morgan fingerprint density at radius 2 is 2.05 bits per heavy atom. The van der Waals surface area contributed by atoms with Crippen molar-refractivity contribution in [1.82, 2.24) is 0 Å². The highest BCUT2D eigenvalue weighted by Crippen LogP contribution is 2.34. The maximum absolute atomic E-state index is 11.9. The lowest BCUT2D eigenvalue weighted by Gasteiger charge is -2.12. The molecule has 0 bridgehead atoms. The van der Waals surface area contributed by atoms with Crippen molar-refractivity contribution in [1.29, 1.82) is 0 Å². The Morgan fingerprint density at radius 3 is 2.67 bits per heavy atom. The molecule has 7 nitrogen and oxygen atoms in total. The van der Waals surface area contributed by atoms with Crippen molar-refractivity contribution >= 4 is 21.5 Å². The summed E-state index contributed by atoms with van der Waals surface area (Å²) in [7, 11) is -2.39. The summed E-state index contributed by atoms with van der Waals surface area (Å²) in [4.78, 5) is 4.71. The molecule has 0 saturated heterocycles. The Labute approximate surface area is 123 Å². The van der Waals surface area contributed by atoms with E-state index in [1.54, 1.807) is 31.2 Å². The van der Waals surface area contributed by atoms with Crippen LogP contribution in [0, 0.1) is 0 Å². The van der Waals surface area contributed by atoms with Crippen LogP contribution in [0.25, 0.3) is 0 Å². The molecule has 0 saturated carbocycles. The van der Waals surface area contributed by atoms with Crippen molar-refractivity contribution in [3.63, 3.8) is 0 Å². The molecular formula is C13H16N2O5S. The zero-order chi connectivity index (χ0) is 15.5. The van der Waals surface area contributed by atoms with E-state index < -0.39 is 16.2 Å². The second kappa shape index (κ2) is 6.23. The predicted molar refractivity (Wildman–Crippen MR) is 77.1 cm³/mol. The maximum Gasteiger partial charge on any atom is 0.268 e. The van der Waals surface area contributed by atoms with Crippen molar-refractivity contribution in [3.05, 3.63) is 35.4 Å². The molecule has 2 rings (SSSR count). The van der Waals surface area contributed by atoms with Crippen molar-refractivity contribution < 1.29 is 22.6 Å². The van der Waals surface area contributed by atoms with E-state index in [0.29, 0.717) is 17.5 Å². The molecule has 1 aliphatic carbocycles. The maximum atomic E-state index is 11.9. The van der Waals surface area contributed by atoms with E-state index in [1.165, 1.54) is 7.11 Å². The predicted octanol–water partition coefficient (Wildman–Crippen LogP) is 1.68. The fourth-order valence-electron chi connectivity index (χ4n) is 2.19. The normalized spacial score (nSPS) is 21.7. The highest BCUT2D eigenvalue weighted by molar-refractivity contribution is 7.86. The Hall–Kier alpha value is -1.93. The van der Waals surface area contributed by atoms with Gasteiger partial charge in [0.1, 0.15) is 18.5 Å². The lowest BCUT2D eigenvalue weighted by Crippen LogP contribution is -2.21. The van der Waals surface area contributed by atoms with Crippen LogP contribution >= 0.6 is 0 Å². The fourth-order valence-corrected chi connectivity index (χ4v) is 3.27. The molecule has 0 spiro atoms. The molecule has 0 radical (unpaired) electrons. The average molecular weight is 312 g/mol. The number of oxime groups is 2. The van der Waals surface area contributed by atoms with E-state index in [9.17, 15) is 13.6 Å². The third kappa shape index (κ3) is 3.06. The number of hydrogen-bond donors (Lipinski definition) is 1. The van der Waals surface area contributed by atoms with Crippen molar-refractivity contribution in [2.75, 3.05) is 12.9 Å². The van der Waals surface area contributed by atoms with Gasteiger partial charge in [0.2, 0.25) is 0 Å². The molecule has 1 N–H and O–H groups in total. The highest BCUT2D eigenvalue weighted by atomic mass is 32.2. The molecule has 1 aromatic rings. The molecule has 0 aliphatic heterocycles. The highest BCUT2D eigenvalue weighted by Gasteiger charge is 2.39. The van der Waals surface area contributed by atoms with Gasteiger partial charge in [0.15, 0.2) is 6.10 Å². The molecule has 1 aliphatic rings. The first-order valence-corrected chi connectivity index (χ1v) is 7.95. The van der Waals surface area contributed by atoms with Gasteiger partial charge in [-0.15, -0.1) is 0 Å². The lowest BCUT2D eigenvalue weighted by atomic mass is 10.1. The summed E-state index contributed by atoms with van der Waals surface area (Å²) in [6, 6.07) is 6.89. The van der Waals surface area contributed by atoms with Crippen LogP contribution in [-0.2, 0) is 19.1 Å². The fraction of sp³-hybridized carbons (Fsp3) is 0.385. The van der Waals surface area contributed by atoms with E-state index in [2.05, 4.69) is 10.3 Å². The Kier molecular flexibility index (Phi) is 4.59. The molecular weight excluding hydrogens is 296 g/mol. The number of nitrogens with zero attached hydrogens (tertiary/aromatic N) is 2. The Balaban J connectivity index is 2.50. The van der Waals surface area contributed by atoms with Crippen molar-refractivity contribution in [2.45, 2.75) is 19.4 Å². The minimum Gasteiger partial charge on any atom is -0.410 e.